The fourth-order valence-electron chi connectivity index (χ4n) is 2.54. The van der Waals surface area contributed by atoms with Crippen molar-refractivity contribution in [3.8, 4) is 5.75 Å². The average Bonchev–Trinajstić information content (AvgIpc) is 2.91. The Labute approximate surface area is 130 Å². The van der Waals surface area contributed by atoms with Crippen molar-refractivity contribution in [2.45, 2.75) is 31.5 Å². The van der Waals surface area contributed by atoms with E-state index in [1.807, 2.05) is 0 Å². The summed E-state index contributed by atoms with van der Waals surface area (Å²) in [4.78, 5) is 24.7. The summed E-state index contributed by atoms with van der Waals surface area (Å²) in [6.45, 7) is -0.920. The standard InChI is InChI=1S/C15H16F3NO4/c16-15(17,18)9-23-12-5-3-10(4-6-12)14(22)19-7-1-2-11(19)8-13(20)21/h3-6,11H,1-2,7-9H2,(H,20,21). The van der Waals surface area contributed by atoms with Crippen molar-refractivity contribution in [3.05, 3.63) is 29.8 Å². The summed E-state index contributed by atoms with van der Waals surface area (Å²) in [5.74, 6) is -1.27. The Balaban J connectivity index is 2.01. The number of carbonyl (C=O) groups is 2. The molecule has 0 bridgehead atoms. The SMILES string of the molecule is O=C(O)CC1CCCN1C(=O)c1ccc(OCC(F)(F)F)cc1. The minimum Gasteiger partial charge on any atom is -0.484 e. The van der Waals surface area contributed by atoms with Gasteiger partial charge < -0.3 is 14.7 Å². The van der Waals surface area contributed by atoms with E-state index in [0.717, 1.165) is 6.42 Å². The highest BCUT2D eigenvalue weighted by atomic mass is 19.4. The fraction of sp³-hybridized carbons (Fsp3) is 0.467. The van der Waals surface area contributed by atoms with Crippen LogP contribution in [0.4, 0.5) is 13.2 Å². The number of carboxylic acids is 1. The molecule has 1 heterocycles. The number of likely N-dealkylation sites (tertiary alicyclic amines) is 1. The Bertz CT molecular complexity index is 571. The van der Waals surface area contributed by atoms with Crippen LogP contribution in [0, 0.1) is 0 Å². The number of halogens is 3. The Morgan fingerprint density at radius 1 is 1.26 bits per heavy atom. The molecule has 0 aliphatic carbocycles. The Kier molecular flexibility index (Phi) is 5.12. The molecule has 1 unspecified atom stereocenters. The van der Waals surface area contributed by atoms with E-state index >= 15 is 0 Å². The lowest BCUT2D eigenvalue weighted by Crippen LogP contribution is -2.36. The summed E-state index contributed by atoms with van der Waals surface area (Å²) >= 11 is 0. The molecular weight excluding hydrogens is 315 g/mol. The van der Waals surface area contributed by atoms with E-state index in [0.29, 0.717) is 18.5 Å². The molecular formula is C15H16F3NO4. The van der Waals surface area contributed by atoms with E-state index < -0.39 is 18.8 Å². The Morgan fingerprint density at radius 3 is 2.48 bits per heavy atom. The van der Waals surface area contributed by atoms with Crippen LogP contribution in [-0.2, 0) is 4.79 Å². The molecule has 1 aromatic carbocycles. The van der Waals surface area contributed by atoms with Gasteiger partial charge in [0.15, 0.2) is 6.61 Å². The number of carboxylic acid groups (broad SMARTS) is 1. The maximum atomic E-state index is 12.4. The third-order valence-corrected chi connectivity index (χ3v) is 3.55. The molecule has 2 rings (SSSR count). The molecule has 0 spiro atoms. The smallest absolute Gasteiger partial charge is 0.422 e. The number of carbonyl (C=O) groups excluding carboxylic acids is 1. The summed E-state index contributed by atoms with van der Waals surface area (Å²) in [6.07, 6.45) is -3.17. The minimum absolute atomic E-state index is 0.0161. The highest BCUT2D eigenvalue weighted by Crippen LogP contribution is 2.24. The molecule has 1 N–H and O–H groups in total. The quantitative estimate of drug-likeness (QED) is 0.901. The lowest BCUT2D eigenvalue weighted by molar-refractivity contribution is -0.153. The first-order valence-corrected chi connectivity index (χ1v) is 7.08. The van der Waals surface area contributed by atoms with E-state index in [1.54, 1.807) is 0 Å². The van der Waals surface area contributed by atoms with Crippen molar-refractivity contribution < 1.29 is 32.6 Å². The first-order valence-electron chi connectivity index (χ1n) is 7.08. The van der Waals surface area contributed by atoms with Crippen molar-refractivity contribution in [2.24, 2.45) is 0 Å². The third kappa shape index (κ3) is 4.87. The number of nitrogens with zero attached hydrogens (tertiary/aromatic N) is 1. The van der Waals surface area contributed by atoms with E-state index in [9.17, 15) is 22.8 Å². The van der Waals surface area contributed by atoms with Crippen LogP contribution < -0.4 is 4.74 Å². The van der Waals surface area contributed by atoms with Crippen LogP contribution in [0.25, 0.3) is 0 Å². The number of ether oxygens (including phenoxy) is 1. The number of amides is 1. The number of hydrogen-bond acceptors (Lipinski definition) is 3. The van der Waals surface area contributed by atoms with Crippen LogP contribution in [0.15, 0.2) is 24.3 Å². The summed E-state index contributed by atoms with van der Waals surface area (Å²) in [5.41, 5.74) is 0.293. The third-order valence-electron chi connectivity index (χ3n) is 3.55. The zero-order chi connectivity index (χ0) is 17.0. The van der Waals surface area contributed by atoms with Gasteiger partial charge in [0.2, 0.25) is 0 Å². The largest absolute Gasteiger partial charge is 0.484 e. The van der Waals surface area contributed by atoms with Crippen LogP contribution in [0.5, 0.6) is 5.75 Å². The van der Waals surface area contributed by atoms with Gasteiger partial charge in [0.05, 0.1) is 6.42 Å². The monoisotopic (exact) mass is 331 g/mol. The second-order valence-corrected chi connectivity index (χ2v) is 5.32. The van der Waals surface area contributed by atoms with Crippen LogP contribution >= 0.6 is 0 Å². The predicted molar refractivity (Wildman–Crippen MR) is 74.3 cm³/mol. The zero-order valence-corrected chi connectivity index (χ0v) is 12.2. The first-order chi connectivity index (χ1) is 10.8. The molecule has 1 aromatic rings. The van der Waals surface area contributed by atoms with E-state index in [2.05, 4.69) is 4.74 Å². The second-order valence-electron chi connectivity index (χ2n) is 5.32. The van der Waals surface area contributed by atoms with Gasteiger partial charge in [-0.1, -0.05) is 0 Å². The molecule has 0 aromatic heterocycles. The summed E-state index contributed by atoms with van der Waals surface area (Å²) < 4.78 is 40.8. The lowest BCUT2D eigenvalue weighted by atomic mass is 10.1. The summed E-state index contributed by atoms with van der Waals surface area (Å²) in [6, 6.07) is 5.00. The molecule has 1 aliphatic heterocycles. The number of rotatable bonds is 5. The summed E-state index contributed by atoms with van der Waals surface area (Å²) in [5, 5.41) is 8.86. The topological polar surface area (TPSA) is 66.8 Å². The molecule has 1 fully saturated rings. The number of alkyl halides is 3. The molecule has 5 nitrogen and oxygen atoms in total. The Hall–Kier alpha value is -2.25. The van der Waals surface area contributed by atoms with Gasteiger partial charge in [-0.3, -0.25) is 9.59 Å². The fourth-order valence-corrected chi connectivity index (χ4v) is 2.54. The van der Waals surface area contributed by atoms with Gasteiger partial charge in [-0.15, -0.1) is 0 Å². The van der Waals surface area contributed by atoms with Gasteiger partial charge >= 0.3 is 12.1 Å². The molecule has 0 saturated carbocycles. The molecule has 0 radical (unpaired) electrons. The number of aliphatic carboxylic acids is 1. The van der Waals surface area contributed by atoms with Gasteiger partial charge in [-0.05, 0) is 37.1 Å². The van der Waals surface area contributed by atoms with Gasteiger partial charge in [0.25, 0.3) is 5.91 Å². The van der Waals surface area contributed by atoms with Crippen LogP contribution in [0.3, 0.4) is 0 Å². The van der Waals surface area contributed by atoms with Crippen molar-refractivity contribution >= 4 is 11.9 Å². The zero-order valence-electron chi connectivity index (χ0n) is 12.2. The van der Waals surface area contributed by atoms with Gasteiger partial charge in [0, 0.05) is 18.2 Å². The predicted octanol–water partition coefficient (Wildman–Crippen LogP) is 2.71. The van der Waals surface area contributed by atoms with E-state index in [-0.39, 0.29) is 24.1 Å². The maximum Gasteiger partial charge on any atom is 0.422 e. The highest BCUT2D eigenvalue weighted by Gasteiger charge is 2.31. The second kappa shape index (κ2) is 6.89. The van der Waals surface area contributed by atoms with E-state index in [1.165, 1.54) is 29.2 Å². The average molecular weight is 331 g/mol. The molecule has 1 amide bonds. The van der Waals surface area contributed by atoms with Crippen LogP contribution in [0.2, 0.25) is 0 Å². The van der Waals surface area contributed by atoms with Crippen molar-refractivity contribution in [1.29, 1.82) is 0 Å². The van der Waals surface area contributed by atoms with Crippen molar-refractivity contribution in [1.82, 2.24) is 4.90 Å². The van der Waals surface area contributed by atoms with Gasteiger partial charge in [0.1, 0.15) is 5.75 Å². The first kappa shape index (κ1) is 17.1. The van der Waals surface area contributed by atoms with E-state index in [4.69, 9.17) is 5.11 Å². The van der Waals surface area contributed by atoms with Gasteiger partial charge in [-0.2, -0.15) is 13.2 Å². The lowest BCUT2D eigenvalue weighted by Gasteiger charge is -2.23. The van der Waals surface area contributed by atoms with Crippen molar-refractivity contribution in [3.63, 3.8) is 0 Å². The van der Waals surface area contributed by atoms with Crippen LogP contribution in [-0.4, -0.2) is 47.3 Å². The van der Waals surface area contributed by atoms with Crippen molar-refractivity contribution in [2.75, 3.05) is 13.2 Å². The minimum atomic E-state index is -4.42. The molecule has 126 valence electrons. The number of benzene rings is 1. The van der Waals surface area contributed by atoms with Gasteiger partial charge in [-0.25, -0.2) is 0 Å². The summed E-state index contributed by atoms with van der Waals surface area (Å²) in [7, 11) is 0. The Morgan fingerprint density at radius 2 is 1.91 bits per heavy atom. The molecule has 1 saturated heterocycles. The normalized spacial score (nSPS) is 18.0. The number of hydrogen-bond donors (Lipinski definition) is 1. The molecule has 1 aliphatic rings. The maximum absolute atomic E-state index is 12.4. The molecule has 23 heavy (non-hydrogen) atoms. The highest BCUT2D eigenvalue weighted by molar-refractivity contribution is 5.95. The van der Waals surface area contributed by atoms with Crippen LogP contribution in [0.1, 0.15) is 29.6 Å². The molecule has 1 atom stereocenters. The molecule has 8 heteroatoms.